The minimum absolute atomic E-state index is 0.438. The van der Waals surface area contributed by atoms with Gasteiger partial charge in [0.2, 0.25) is 6.29 Å². The van der Waals surface area contributed by atoms with Crippen molar-refractivity contribution in [3.05, 3.63) is 28.7 Å². The molecule has 0 aromatic heterocycles. The summed E-state index contributed by atoms with van der Waals surface area (Å²) in [6.07, 6.45) is -6.35. The molecule has 1 aromatic rings. The van der Waals surface area contributed by atoms with Gasteiger partial charge in [-0.05, 0) is 24.3 Å². The number of hydrogen-bond donors (Lipinski definition) is 4. The van der Waals surface area contributed by atoms with Crippen molar-refractivity contribution in [2.45, 2.75) is 30.7 Å². The maximum Gasteiger partial charge on any atom is 0.229 e. The zero-order chi connectivity index (χ0) is 14.0. The van der Waals surface area contributed by atoms with Crippen molar-refractivity contribution in [2.75, 3.05) is 6.61 Å². The molecule has 0 saturated carbocycles. The first-order chi connectivity index (χ1) is 9.02. The van der Waals surface area contributed by atoms with E-state index in [1.807, 2.05) is 0 Å². The second-order valence-electron chi connectivity index (χ2n) is 4.27. The van der Waals surface area contributed by atoms with Gasteiger partial charge in [0, 0.05) is 4.47 Å². The van der Waals surface area contributed by atoms with E-state index in [1.165, 1.54) is 0 Å². The lowest BCUT2D eigenvalue weighted by atomic mass is 9.99. The van der Waals surface area contributed by atoms with Gasteiger partial charge < -0.3 is 29.9 Å². The molecule has 7 heteroatoms. The van der Waals surface area contributed by atoms with E-state index >= 15 is 0 Å². The fraction of sp³-hybridized carbons (Fsp3) is 0.500. The van der Waals surface area contributed by atoms with E-state index in [4.69, 9.17) is 14.6 Å². The van der Waals surface area contributed by atoms with Crippen LogP contribution in [0.5, 0.6) is 5.75 Å². The van der Waals surface area contributed by atoms with Crippen molar-refractivity contribution in [3.8, 4) is 5.75 Å². The quantitative estimate of drug-likeness (QED) is 0.602. The summed E-state index contributed by atoms with van der Waals surface area (Å²) in [4.78, 5) is 0. The van der Waals surface area contributed by atoms with E-state index in [0.717, 1.165) is 4.47 Å². The summed E-state index contributed by atoms with van der Waals surface area (Å²) in [5.41, 5.74) is 0. The van der Waals surface area contributed by atoms with Crippen LogP contribution < -0.4 is 4.74 Å². The summed E-state index contributed by atoms with van der Waals surface area (Å²) < 4.78 is 11.5. The molecule has 0 spiro atoms. The molecule has 106 valence electrons. The molecule has 1 aromatic carbocycles. The predicted octanol–water partition coefficient (Wildman–Crippen LogP) is -0.372. The lowest BCUT2D eigenvalue weighted by Gasteiger charge is -2.39. The van der Waals surface area contributed by atoms with Gasteiger partial charge in [0.1, 0.15) is 30.2 Å². The molecule has 0 radical (unpaired) electrons. The van der Waals surface area contributed by atoms with Crippen LogP contribution in [0.3, 0.4) is 0 Å². The van der Waals surface area contributed by atoms with Gasteiger partial charge in [0.05, 0.1) is 6.61 Å². The Morgan fingerprint density at radius 3 is 2.26 bits per heavy atom. The number of aliphatic hydroxyl groups excluding tert-OH is 4. The van der Waals surface area contributed by atoms with Gasteiger partial charge in [-0.3, -0.25) is 0 Å². The van der Waals surface area contributed by atoms with Crippen LogP contribution in [0, 0.1) is 0 Å². The zero-order valence-electron chi connectivity index (χ0n) is 9.89. The van der Waals surface area contributed by atoms with Crippen molar-refractivity contribution >= 4 is 15.9 Å². The highest BCUT2D eigenvalue weighted by molar-refractivity contribution is 9.10. The normalized spacial score (nSPS) is 35.1. The molecule has 2 rings (SSSR count). The number of halogens is 1. The fourth-order valence-corrected chi connectivity index (χ4v) is 2.08. The Balaban J connectivity index is 2.08. The number of benzene rings is 1. The van der Waals surface area contributed by atoms with Crippen LogP contribution in [0.4, 0.5) is 0 Å². The summed E-state index contributed by atoms with van der Waals surface area (Å²) in [5, 5.41) is 38.1. The lowest BCUT2D eigenvalue weighted by molar-refractivity contribution is -0.277. The zero-order valence-corrected chi connectivity index (χ0v) is 11.5. The van der Waals surface area contributed by atoms with E-state index in [0.29, 0.717) is 5.75 Å². The van der Waals surface area contributed by atoms with Crippen LogP contribution >= 0.6 is 15.9 Å². The summed E-state index contributed by atoms with van der Waals surface area (Å²) in [6, 6.07) is 6.82. The summed E-state index contributed by atoms with van der Waals surface area (Å²) in [6.45, 7) is -0.481. The van der Waals surface area contributed by atoms with Crippen LogP contribution in [0.15, 0.2) is 28.7 Å². The molecular weight excluding hydrogens is 320 g/mol. The molecule has 6 nitrogen and oxygen atoms in total. The van der Waals surface area contributed by atoms with Crippen molar-refractivity contribution in [1.82, 2.24) is 0 Å². The third-order valence-electron chi connectivity index (χ3n) is 2.91. The molecule has 5 atom stereocenters. The molecular formula is C12H15BrO6. The summed E-state index contributed by atoms with van der Waals surface area (Å²) in [5.74, 6) is 0.438. The average molecular weight is 335 g/mol. The number of aliphatic hydroxyl groups is 4. The summed E-state index contributed by atoms with van der Waals surface area (Å²) in [7, 11) is 0. The highest BCUT2D eigenvalue weighted by atomic mass is 79.9. The van der Waals surface area contributed by atoms with Crippen molar-refractivity contribution in [3.63, 3.8) is 0 Å². The Morgan fingerprint density at radius 1 is 1.05 bits per heavy atom. The Bertz CT molecular complexity index is 409. The number of hydrogen-bond acceptors (Lipinski definition) is 6. The molecule has 1 aliphatic heterocycles. The van der Waals surface area contributed by atoms with Crippen molar-refractivity contribution in [1.29, 1.82) is 0 Å². The van der Waals surface area contributed by atoms with Crippen LogP contribution in [0.2, 0.25) is 0 Å². The van der Waals surface area contributed by atoms with Gasteiger partial charge in [-0.1, -0.05) is 15.9 Å². The average Bonchev–Trinajstić information content (AvgIpc) is 2.42. The lowest BCUT2D eigenvalue weighted by Crippen LogP contribution is -2.60. The standard InChI is InChI=1S/C12H15BrO6/c13-6-1-3-7(4-2-6)18-12-11(17)10(16)9(15)8(5-14)19-12/h1-4,8-12,14-17H,5H2/t8-,9-,10+,11+,12+/m1/s1. The maximum atomic E-state index is 9.79. The van der Waals surface area contributed by atoms with E-state index in [-0.39, 0.29) is 0 Å². The van der Waals surface area contributed by atoms with Gasteiger partial charge >= 0.3 is 0 Å². The molecule has 1 saturated heterocycles. The van der Waals surface area contributed by atoms with Gasteiger partial charge in [0.25, 0.3) is 0 Å². The van der Waals surface area contributed by atoms with Crippen molar-refractivity contribution in [2.24, 2.45) is 0 Å². The van der Waals surface area contributed by atoms with Crippen LogP contribution in [-0.4, -0.2) is 57.7 Å². The Kier molecular flexibility index (Phi) is 4.77. The molecule has 0 amide bonds. The number of ether oxygens (including phenoxy) is 2. The Hall–Kier alpha value is -0.700. The molecule has 0 unspecified atom stereocenters. The van der Waals surface area contributed by atoms with Gasteiger partial charge in [-0.15, -0.1) is 0 Å². The first-order valence-electron chi connectivity index (χ1n) is 5.75. The maximum absolute atomic E-state index is 9.79. The second-order valence-corrected chi connectivity index (χ2v) is 5.18. The Labute approximate surface area is 118 Å². The minimum atomic E-state index is -1.44. The van der Waals surface area contributed by atoms with Gasteiger partial charge in [0.15, 0.2) is 0 Å². The van der Waals surface area contributed by atoms with Crippen LogP contribution in [0.25, 0.3) is 0 Å². The van der Waals surface area contributed by atoms with Crippen LogP contribution in [0.1, 0.15) is 0 Å². The Morgan fingerprint density at radius 2 is 1.68 bits per heavy atom. The first kappa shape index (κ1) is 14.7. The fourth-order valence-electron chi connectivity index (χ4n) is 1.81. The monoisotopic (exact) mass is 334 g/mol. The predicted molar refractivity (Wildman–Crippen MR) is 68.5 cm³/mol. The van der Waals surface area contributed by atoms with Crippen molar-refractivity contribution < 1.29 is 29.9 Å². The van der Waals surface area contributed by atoms with E-state index < -0.39 is 37.3 Å². The SMILES string of the molecule is OC[C@H]1O[C@H](Oc2ccc(Br)cc2)[C@@H](O)[C@@H](O)[C@@H]1O. The van der Waals surface area contributed by atoms with E-state index in [9.17, 15) is 15.3 Å². The molecule has 1 heterocycles. The molecule has 1 aliphatic rings. The molecule has 0 bridgehead atoms. The minimum Gasteiger partial charge on any atom is -0.462 e. The highest BCUT2D eigenvalue weighted by Gasteiger charge is 2.44. The second kappa shape index (κ2) is 6.17. The first-order valence-corrected chi connectivity index (χ1v) is 6.55. The van der Waals surface area contributed by atoms with Gasteiger partial charge in [-0.2, -0.15) is 0 Å². The highest BCUT2D eigenvalue weighted by Crippen LogP contribution is 2.25. The molecule has 0 aliphatic carbocycles. The molecule has 1 fully saturated rings. The molecule has 19 heavy (non-hydrogen) atoms. The largest absolute Gasteiger partial charge is 0.462 e. The number of rotatable bonds is 3. The third kappa shape index (κ3) is 3.25. The van der Waals surface area contributed by atoms with Gasteiger partial charge in [-0.25, -0.2) is 0 Å². The third-order valence-corrected chi connectivity index (χ3v) is 3.44. The topological polar surface area (TPSA) is 99.4 Å². The van der Waals surface area contributed by atoms with E-state index in [2.05, 4.69) is 15.9 Å². The van der Waals surface area contributed by atoms with E-state index in [1.54, 1.807) is 24.3 Å². The smallest absolute Gasteiger partial charge is 0.229 e. The van der Waals surface area contributed by atoms with Crippen LogP contribution in [-0.2, 0) is 4.74 Å². The molecule has 4 N–H and O–H groups in total. The summed E-state index contributed by atoms with van der Waals surface area (Å²) >= 11 is 3.28.